The number of halogens is 3. The maximum absolute atomic E-state index is 13.4. The van der Waals surface area contributed by atoms with E-state index in [0.717, 1.165) is 42.6 Å². The van der Waals surface area contributed by atoms with Crippen LogP contribution in [-0.4, -0.2) is 53.4 Å². The summed E-state index contributed by atoms with van der Waals surface area (Å²) < 4.78 is 46.3. The van der Waals surface area contributed by atoms with Gasteiger partial charge in [-0.3, -0.25) is 9.88 Å². The molecule has 0 atom stereocenters. The number of anilines is 1. The maximum Gasteiger partial charge on any atom is 0.407 e. The van der Waals surface area contributed by atoms with Crippen LogP contribution in [0.4, 0.5) is 24.5 Å². The molecule has 0 bridgehead atoms. The van der Waals surface area contributed by atoms with Gasteiger partial charge in [0.05, 0.1) is 24.3 Å². The standard InChI is InChI=1S/C31H33F3N4O2/c1-35-29-9-6-25(20-28(29)31(32,33)34)38-16-10-30(39,11-17-38)12-18-40-26-7-8-27(23-5-4-13-36-21-23)24(19-26)22-37-14-2-3-15-37/h4-9,13,19-21,39H,2-3,10-12,14-18,22H2. The lowest BCUT2D eigenvalue weighted by molar-refractivity contribution is -0.136. The minimum absolute atomic E-state index is 0.337. The Balaban J connectivity index is 1.20. The van der Waals surface area contributed by atoms with Gasteiger partial charge in [0.15, 0.2) is 5.69 Å². The molecule has 40 heavy (non-hydrogen) atoms. The molecule has 2 saturated heterocycles. The molecule has 5 rings (SSSR count). The number of alkyl halides is 3. The Morgan fingerprint density at radius 2 is 1.80 bits per heavy atom. The molecule has 6 nitrogen and oxygen atoms in total. The van der Waals surface area contributed by atoms with Crippen molar-refractivity contribution in [2.24, 2.45) is 0 Å². The second-order valence-electron chi connectivity index (χ2n) is 10.7. The molecule has 2 aliphatic rings. The molecule has 210 valence electrons. The predicted octanol–water partition coefficient (Wildman–Crippen LogP) is 6.71. The first kappa shape index (κ1) is 27.9. The van der Waals surface area contributed by atoms with Crippen LogP contribution < -0.4 is 9.64 Å². The van der Waals surface area contributed by atoms with E-state index in [1.807, 2.05) is 23.2 Å². The van der Waals surface area contributed by atoms with Gasteiger partial charge in [0.1, 0.15) is 5.75 Å². The number of aromatic nitrogens is 1. The number of hydrogen-bond donors (Lipinski definition) is 1. The van der Waals surface area contributed by atoms with Gasteiger partial charge in [0, 0.05) is 49.7 Å². The highest BCUT2D eigenvalue weighted by atomic mass is 19.4. The van der Waals surface area contributed by atoms with Crippen LogP contribution in [0.2, 0.25) is 0 Å². The van der Waals surface area contributed by atoms with Crippen LogP contribution in [0, 0.1) is 6.57 Å². The molecular formula is C31H33F3N4O2. The summed E-state index contributed by atoms with van der Waals surface area (Å²) in [4.78, 5) is 11.6. The second kappa shape index (κ2) is 11.9. The molecule has 2 aliphatic heterocycles. The van der Waals surface area contributed by atoms with Crippen LogP contribution in [0.25, 0.3) is 16.0 Å². The largest absolute Gasteiger partial charge is 0.493 e. The summed E-state index contributed by atoms with van der Waals surface area (Å²) in [7, 11) is 0. The number of hydrogen-bond acceptors (Lipinski definition) is 5. The molecule has 0 amide bonds. The number of nitrogens with zero attached hydrogens (tertiary/aromatic N) is 4. The summed E-state index contributed by atoms with van der Waals surface area (Å²) in [5, 5.41) is 11.2. The fraction of sp³-hybridized carbons (Fsp3) is 0.419. The van der Waals surface area contributed by atoms with E-state index in [-0.39, 0.29) is 0 Å². The Labute approximate surface area is 232 Å². The number of piperidine rings is 1. The molecular weight excluding hydrogens is 517 g/mol. The molecule has 1 aromatic heterocycles. The quantitative estimate of drug-likeness (QED) is 0.316. The van der Waals surface area contributed by atoms with E-state index in [2.05, 4.69) is 32.9 Å². The Hall–Kier alpha value is -3.61. The van der Waals surface area contributed by atoms with Gasteiger partial charge in [-0.2, -0.15) is 13.2 Å². The number of pyridine rings is 1. The molecule has 0 saturated carbocycles. The third-order valence-electron chi connectivity index (χ3n) is 7.94. The van der Waals surface area contributed by atoms with Gasteiger partial charge in [-0.1, -0.05) is 18.2 Å². The monoisotopic (exact) mass is 550 g/mol. The second-order valence-corrected chi connectivity index (χ2v) is 10.7. The average Bonchev–Trinajstić information content (AvgIpc) is 3.46. The van der Waals surface area contributed by atoms with Crippen LogP contribution in [-0.2, 0) is 12.7 Å². The molecule has 2 aromatic carbocycles. The summed E-state index contributed by atoms with van der Waals surface area (Å²) in [5.41, 5.74) is 1.52. The van der Waals surface area contributed by atoms with Gasteiger partial charge in [-0.05, 0) is 80.2 Å². The minimum Gasteiger partial charge on any atom is -0.493 e. The van der Waals surface area contributed by atoms with E-state index in [1.165, 1.54) is 24.5 Å². The highest BCUT2D eigenvalue weighted by molar-refractivity contribution is 5.67. The van der Waals surface area contributed by atoms with Gasteiger partial charge >= 0.3 is 6.18 Å². The van der Waals surface area contributed by atoms with Gasteiger partial charge < -0.3 is 14.7 Å². The molecule has 9 heteroatoms. The Bertz CT molecular complexity index is 1340. The zero-order valence-electron chi connectivity index (χ0n) is 22.3. The highest BCUT2D eigenvalue weighted by Crippen LogP contribution is 2.40. The van der Waals surface area contributed by atoms with Crippen LogP contribution in [0.15, 0.2) is 60.9 Å². The molecule has 2 fully saturated rings. The Morgan fingerprint density at radius 1 is 1.02 bits per heavy atom. The smallest absolute Gasteiger partial charge is 0.407 e. The van der Waals surface area contributed by atoms with Gasteiger partial charge in [0.2, 0.25) is 0 Å². The average molecular weight is 551 g/mol. The SMILES string of the molecule is [C-]#[N+]c1ccc(N2CCC(O)(CCOc3ccc(-c4cccnc4)c(CN4CCCC4)c3)CC2)cc1C(F)(F)F. The van der Waals surface area contributed by atoms with Crippen molar-refractivity contribution < 1.29 is 23.0 Å². The molecule has 1 N–H and O–H groups in total. The molecule has 0 aliphatic carbocycles. The Morgan fingerprint density at radius 3 is 2.48 bits per heavy atom. The molecule has 0 unspecified atom stereocenters. The number of ether oxygens (including phenoxy) is 1. The summed E-state index contributed by atoms with van der Waals surface area (Å²) in [6.45, 7) is 11.2. The summed E-state index contributed by atoms with van der Waals surface area (Å²) in [6.07, 6.45) is 2.74. The third-order valence-corrected chi connectivity index (χ3v) is 7.94. The van der Waals surface area contributed by atoms with Gasteiger partial charge in [-0.15, -0.1) is 0 Å². The molecule has 0 spiro atoms. The zero-order valence-corrected chi connectivity index (χ0v) is 22.3. The van der Waals surface area contributed by atoms with Crippen LogP contribution >= 0.6 is 0 Å². The summed E-state index contributed by atoms with van der Waals surface area (Å²) in [6, 6.07) is 13.9. The van der Waals surface area contributed by atoms with E-state index in [9.17, 15) is 18.3 Å². The van der Waals surface area contributed by atoms with Crippen molar-refractivity contribution in [2.75, 3.05) is 37.7 Å². The molecule has 0 radical (unpaired) electrons. The van der Waals surface area contributed by atoms with Crippen molar-refractivity contribution >= 4 is 11.4 Å². The molecule has 3 aromatic rings. The van der Waals surface area contributed by atoms with E-state index in [0.29, 0.717) is 44.6 Å². The Kier molecular flexibility index (Phi) is 8.29. The number of likely N-dealkylation sites (tertiary alicyclic amines) is 1. The lowest BCUT2D eigenvalue weighted by Crippen LogP contribution is -2.45. The minimum atomic E-state index is -4.59. The summed E-state index contributed by atoms with van der Waals surface area (Å²) >= 11 is 0. The lowest BCUT2D eigenvalue weighted by atomic mass is 9.88. The topological polar surface area (TPSA) is 53.2 Å². The third kappa shape index (κ3) is 6.57. The van der Waals surface area contributed by atoms with Crippen LogP contribution in [0.3, 0.4) is 0 Å². The molecule has 3 heterocycles. The van der Waals surface area contributed by atoms with Gasteiger partial charge in [-0.25, -0.2) is 4.85 Å². The highest BCUT2D eigenvalue weighted by Gasteiger charge is 2.36. The first-order valence-electron chi connectivity index (χ1n) is 13.7. The normalized spacial score (nSPS) is 17.5. The first-order chi connectivity index (χ1) is 19.2. The predicted molar refractivity (Wildman–Crippen MR) is 148 cm³/mol. The van der Waals surface area contributed by atoms with Crippen molar-refractivity contribution in [1.82, 2.24) is 9.88 Å². The van der Waals surface area contributed by atoms with Crippen molar-refractivity contribution in [3.8, 4) is 16.9 Å². The zero-order chi connectivity index (χ0) is 28.2. The van der Waals surface area contributed by atoms with Crippen LogP contribution in [0.5, 0.6) is 5.75 Å². The van der Waals surface area contributed by atoms with E-state index >= 15 is 0 Å². The number of benzene rings is 2. The maximum atomic E-state index is 13.4. The first-order valence-corrected chi connectivity index (χ1v) is 13.7. The van der Waals surface area contributed by atoms with Crippen molar-refractivity contribution in [1.29, 1.82) is 0 Å². The van der Waals surface area contributed by atoms with Crippen molar-refractivity contribution in [3.05, 3.63) is 83.5 Å². The van der Waals surface area contributed by atoms with E-state index in [1.54, 1.807) is 12.3 Å². The van der Waals surface area contributed by atoms with Gasteiger partial charge in [0.25, 0.3) is 0 Å². The van der Waals surface area contributed by atoms with E-state index < -0.39 is 23.0 Å². The number of rotatable bonds is 8. The lowest BCUT2D eigenvalue weighted by Gasteiger charge is -2.39. The van der Waals surface area contributed by atoms with E-state index in [4.69, 9.17) is 11.3 Å². The van der Waals surface area contributed by atoms with Crippen LogP contribution in [0.1, 0.15) is 43.2 Å². The van der Waals surface area contributed by atoms with Crippen molar-refractivity contribution in [2.45, 2.75) is 50.4 Å². The number of aliphatic hydroxyl groups is 1. The fourth-order valence-electron chi connectivity index (χ4n) is 5.61. The van der Waals surface area contributed by atoms with Crippen molar-refractivity contribution in [3.63, 3.8) is 0 Å². The fourth-order valence-corrected chi connectivity index (χ4v) is 5.61. The summed E-state index contributed by atoms with van der Waals surface area (Å²) in [5.74, 6) is 0.752.